The maximum absolute atomic E-state index is 2.32. The Hall–Kier alpha value is -3.12. The molecule has 0 fully saturated rings. The van der Waals surface area contributed by atoms with E-state index in [9.17, 15) is 0 Å². The third-order valence-corrected chi connectivity index (χ3v) is 7.93. The molecule has 4 aromatic carbocycles. The summed E-state index contributed by atoms with van der Waals surface area (Å²) in [6.45, 7) is 22.1. The molecule has 0 aliphatic carbocycles. The fraction of sp³-hybridized carbons (Fsp3) is 0.333. The van der Waals surface area contributed by atoms with Crippen LogP contribution in [0.5, 0.6) is 0 Å². The second kappa shape index (κ2) is 11.7. The van der Waals surface area contributed by atoms with Crippen molar-refractivity contribution < 1.29 is 0 Å². The van der Waals surface area contributed by atoms with Crippen LogP contribution < -0.4 is 0 Å². The first-order valence-electron chi connectivity index (χ1n) is 13.3. The Labute approximate surface area is 220 Å². The molecule has 0 nitrogen and oxygen atoms in total. The Bertz CT molecular complexity index is 1290. The maximum Gasteiger partial charge on any atom is 0.00662 e. The van der Waals surface area contributed by atoms with Crippen LogP contribution in [0.2, 0.25) is 0 Å². The summed E-state index contributed by atoms with van der Waals surface area (Å²) in [6, 6.07) is 26.9. The van der Waals surface area contributed by atoms with Crippen LogP contribution in [0.25, 0.3) is 0 Å². The van der Waals surface area contributed by atoms with E-state index >= 15 is 0 Å². The first-order valence-corrected chi connectivity index (χ1v) is 13.3. The average molecular weight is 477 g/mol. The summed E-state index contributed by atoms with van der Waals surface area (Å²) >= 11 is 0. The van der Waals surface area contributed by atoms with Gasteiger partial charge in [0.15, 0.2) is 0 Å². The molecule has 0 saturated carbocycles. The molecule has 0 radical (unpaired) electrons. The van der Waals surface area contributed by atoms with Gasteiger partial charge < -0.3 is 0 Å². The minimum absolute atomic E-state index is 0.462. The standard InChI is InChI=1S/2C18H22/c1-12-6-8-17(14(3)10-12)16(5)18-9-7-13(2)11-15(18)4;1-12-9-10-17(11-14(12)3)16(5)18-8-6-7-13(2)15(18)4/h2*6-11,16H,1-5H3. The molecule has 0 saturated heterocycles. The van der Waals surface area contributed by atoms with Crippen molar-refractivity contribution in [3.05, 3.63) is 140 Å². The van der Waals surface area contributed by atoms with Gasteiger partial charge >= 0.3 is 0 Å². The third kappa shape index (κ3) is 6.35. The van der Waals surface area contributed by atoms with Gasteiger partial charge in [0.2, 0.25) is 0 Å². The molecule has 4 rings (SSSR count). The average Bonchev–Trinajstić information content (AvgIpc) is 2.82. The Balaban J connectivity index is 0.000000201. The highest BCUT2D eigenvalue weighted by Crippen LogP contribution is 2.30. The van der Waals surface area contributed by atoms with Gasteiger partial charge in [-0.2, -0.15) is 0 Å². The second-order valence-electron chi connectivity index (χ2n) is 10.8. The predicted octanol–water partition coefficient (Wildman–Crippen LogP) is 10.1. The Morgan fingerprint density at radius 1 is 0.417 bits per heavy atom. The van der Waals surface area contributed by atoms with Crippen molar-refractivity contribution in [2.75, 3.05) is 0 Å². The zero-order valence-electron chi connectivity index (χ0n) is 24.1. The molecule has 36 heavy (non-hydrogen) atoms. The molecule has 188 valence electrons. The molecule has 0 spiro atoms. The first-order chi connectivity index (χ1) is 17.0. The smallest absolute Gasteiger partial charge is 0.00662 e. The van der Waals surface area contributed by atoms with Crippen LogP contribution >= 0.6 is 0 Å². The summed E-state index contributed by atoms with van der Waals surface area (Å²) in [4.78, 5) is 0. The Morgan fingerprint density at radius 3 is 1.47 bits per heavy atom. The molecular weight excluding hydrogens is 432 g/mol. The summed E-state index contributed by atoms with van der Waals surface area (Å²) in [5.41, 5.74) is 16.7. The van der Waals surface area contributed by atoms with E-state index in [2.05, 4.69) is 142 Å². The lowest BCUT2D eigenvalue weighted by atomic mass is 9.86. The van der Waals surface area contributed by atoms with Crippen molar-refractivity contribution in [3.8, 4) is 0 Å². The normalized spacial score (nSPS) is 11.8. The fourth-order valence-electron chi connectivity index (χ4n) is 5.25. The van der Waals surface area contributed by atoms with Crippen LogP contribution in [0.1, 0.15) is 92.4 Å². The molecule has 1 unspecified atom stereocenters. The third-order valence-electron chi connectivity index (χ3n) is 7.93. The molecule has 0 aliphatic heterocycles. The SMILES string of the molecule is Cc1ccc(C(C)c2ccc(C)cc2C)c(C)c1.Cc1ccc(C(C)c2cccc(C)c2C)cc1C. The predicted molar refractivity (Wildman–Crippen MR) is 159 cm³/mol. The molecule has 0 aromatic heterocycles. The highest BCUT2D eigenvalue weighted by Gasteiger charge is 2.14. The van der Waals surface area contributed by atoms with Gasteiger partial charge in [-0.3, -0.25) is 0 Å². The monoisotopic (exact) mass is 476 g/mol. The first kappa shape index (κ1) is 27.5. The minimum atomic E-state index is 0.462. The molecule has 4 aromatic rings. The van der Waals surface area contributed by atoms with Crippen molar-refractivity contribution in [2.24, 2.45) is 0 Å². The quantitative estimate of drug-likeness (QED) is 0.275. The summed E-state index contributed by atoms with van der Waals surface area (Å²) in [5.74, 6) is 0.926. The molecule has 0 aliphatic rings. The number of aryl methyl sites for hydroxylation is 7. The Kier molecular flexibility index (Phi) is 8.96. The summed E-state index contributed by atoms with van der Waals surface area (Å²) in [6.07, 6.45) is 0. The minimum Gasteiger partial charge on any atom is -0.0617 e. The molecule has 0 heterocycles. The topological polar surface area (TPSA) is 0 Å². The van der Waals surface area contributed by atoms with Gasteiger partial charge in [0, 0.05) is 11.8 Å². The van der Waals surface area contributed by atoms with E-state index in [0.29, 0.717) is 11.8 Å². The molecule has 1 atom stereocenters. The zero-order valence-corrected chi connectivity index (χ0v) is 24.1. The summed E-state index contributed by atoms with van der Waals surface area (Å²) < 4.78 is 0. The Morgan fingerprint density at radius 2 is 0.972 bits per heavy atom. The maximum atomic E-state index is 2.32. The van der Waals surface area contributed by atoms with Crippen LogP contribution in [0.3, 0.4) is 0 Å². The summed E-state index contributed by atoms with van der Waals surface area (Å²) in [5, 5.41) is 0. The number of hydrogen-bond acceptors (Lipinski definition) is 0. The van der Waals surface area contributed by atoms with Crippen LogP contribution in [0.15, 0.2) is 72.8 Å². The lowest BCUT2D eigenvalue weighted by Crippen LogP contribution is -2.01. The highest BCUT2D eigenvalue weighted by atomic mass is 14.2. The molecular formula is C36H44. The highest BCUT2D eigenvalue weighted by molar-refractivity contribution is 5.44. The van der Waals surface area contributed by atoms with E-state index in [1.807, 2.05) is 0 Å². The van der Waals surface area contributed by atoms with Gasteiger partial charge in [0.25, 0.3) is 0 Å². The van der Waals surface area contributed by atoms with E-state index in [-0.39, 0.29) is 0 Å². The van der Waals surface area contributed by atoms with Crippen LogP contribution in [0.4, 0.5) is 0 Å². The van der Waals surface area contributed by atoms with E-state index in [1.54, 1.807) is 0 Å². The van der Waals surface area contributed by atoms with Crippen LogP contribution in [-0.2, 0) is 0 Å². The number of hydrogen-bond donors (Lipinski definition) is 0. The van der Waals surface area contributed by atoms with Gasteiger partial charge in [-0.15, -0.1) is 0 Å². The van der Waals surface area contributed by atoms with Crippen LogP contribution in [-0.4, -0.2) is 0 Å². The van der Waals surface area contributed by atoms with Crippen molar-refractivity contribution in [2.45, 2.75) is 81.1 Å². The lowest BCUT2D eigenvalue weighted by molar-refractivity contribution is 0.896. The van der Waals surface area contributed by atoms with Gasteiger partial charge in [-0.05, 0) is 111 Å². The molecule has 0 N–H and O–H groups in total. The fourth-order valence-corrected chi connectivity index (χ4v) is 5.25. The van der Waals surface area contributed by atoms with Gasteiger partial charge in [-0.25, -0.2) is 0 Å². The van der Waals surface area contributed by atoms with Gasteiger partial charge in [0.05, 0.1) is 0 Å². The largest absolute Gasteiger partial charge is 0.0617 e. The number of benzene rings is 4. The molecule has 0 bridgehead atoms. The van der Waals surface area contributed by atoms with E-state index in [0.717, 1.165) is 0 Å². The van der Waals surface area contributed by atoms with E-state index < -0.39 is 0 Å². The van der Waals surface area contributed by atoms with Crippen molar-refractivity contribution in [3.63, 3.8) is 0 Å². The van der Waals surface area contributed by atoms with Gasteiger partial charge in [0.1, 0.15) is 0 Å². The molecule has 0 amide bonds. The van der Waals surface area contributed by atoms with Gasteiger partial charge in [-0.1, -0.05) is 97.8 Å². The van der Waals surface area contributed by atoms with E-state index in [1.165, 1.54) is 66.8 Å². The van der Waals surface area contributed by atoms with Crippen molar-refractivity contribution in [1.82, 2.24) is 0 Å². The molecule has 0 heteroatoms. The summed E-state index contributed by atoms with van der Waals surface area (Å²) in [7, 11) is 0. The van der Waals surface area contributed by atoms with Crippen molar-refractivity contribution >= 4 is 0 Å². The zero-order chi connectivity index (χ0) is 26.6. The second-order valence-corrected chi connectivity index (χ2v) is 10.8. The lowest BCUT2D eigenvalue weighted by Gasteiger charge is -2.18. The number of rotatable bonds is 4. The van der Waals surface area contributed by atoms with Crippen molar-refractivity contribution in [1.29, 1.82) is 0 Å². The van der Waals surface area contributed by atoms with Crippen LogP contribution in [0, 0.1) is 55.4 Å². The van der Waals surface area contributed by atoms with E-state index in [4.69, 9.17) is 0 Å².